The summed E-state index contributed by atoms with van der Waals surface area (Å²) in [6.45, 7) is 2.09. The number of hydrogen-bond acceptors (Lipinski definition) is 3. The smallest absolute Gasteiger partial charge is 0.123 e. The van der Waals surface area contributed by atoms with E-state index in [4.69, 9.17) is 15.2 Å². The van der Waals surface area contributed by atoms with Crippen LogP contribution in [0, 0.1) is 0 Å². The molecule has 0 spiro atoms. The summed E-state index contributed by atoms with van der Waals surface area (Å²) < 4.78 is 11.8. The molecule has 0 saturated carbocycles. The first-order valence-corrected chi connectivity index (χ1v) is 7.50. The largest absolute Gasteiger partial charge is 0.490 e. The van der Waals surface area contributed by atoms with Gasteiger partial charge in [-0.15, -0.1) is 0 Å². The third-order valence-corrected chi connectivity index (χ3v) is 4.38. The number of nitrogens with two attached hydrogens (primary N) is 1. The highest BCUT2D eigenvalue weighted by Gasteiger charge is 2.30. The quantitative estimate of drug-likeness (QED) is 0.920. The average Bonchev–Trinajstić information content (AvgIpc) is 3.07. The van der Waals surface area contributed by atoms with Gasteiger partial charge in [-0.3, -0.25) is 0 Å². The maximum Gasteiger partial charge on any atom is 0.123 e. The molecule has 0 amide bonds. The first-order chi connectivity index (χ1) is 10.2. The molecule has 0 fully saturated rings. The fraction of sp³-hybridized carbons (Fsp3) is 0.333. The zero-order valence-corrected chi connectivity index (χ0v) is 12.1. The zero-order chi connectivity index (χ0) is 14.4. The molecule has 4 rings (SSSR count). The van der Waals surface area contributed by atoms with Gasteiger partial charge in [0.25, 0.3) is 0 Å². The third kappa shape index (κ3) is 2.18. The molecule has 3 nitrogen and oxygen atoms in total. The summed E-state index contributed by atoms with van der Waals surface area (Å²) in [5.41, 5.74) is 10.1. The minimum atomic E-state index is -0.112. The average molecular weight is 281 g/mol. The number of benzene rings is 2. The van der Waals surface area contributed by atoms with Crippen LogP contribution in [-0.2, 0) is 12.8 Å². The Kier molecular flexibility index (Phi) is 2.89. The summed E-state index contributed by atoms with van der Waals surface area (Å²) >= 11 is 0. The lowest BCUT2D eigenvalue weighted by molar-refractivity contribution is 0.199. The highest BCUT2D eigenvalue weighted by Crippen LogP contribution is 2.35. The van der Waals surface area contributed by atoms with Crippen molar-refractivity contribution in [3.05, 3.63) is 59.2 Å². The van der Waals surface area contributed by atoms with Crippen LogP contribution < -0.4 is 15.2 Å². The van der Waals surface area contributed by atoms with Crippen LogP contribution in [0.3, 0.4) is 0 Å². The Balaban J connectivity index is 1.57. The van der Waals surface area contributed by atoms with Gasteiger partial charge >= 0.3 is 0 Å². The number of fused-ring (bicyclic) bond motifs is 2. The lowest BCUT2D eigenvalue weighted by Crippen LogP contribution is -2.30. The third-order valence-electron chi connectivity index (χ3n) is 4.38. The molecule has 2 aromatic carbocycles. The molecule has 2 heterocycles. The normalized spacial score (nSPS) is 23.9. The summed E-state index contributed by atoms with van der Waals surface area (Å²) in [4.78, 5) is 0. The fourth-order valence-electron chi connectivity index (χ4n) is 3.27. The lowest BCUT2D eigenvalue weighted by Gasteiger charge is -2.20. The van der Waals surface area contributed by atoms with Crippen molar-refractivity contribution in [1.82, 2.24) is 0 Å². The zero-order valence-electron chi connectivity index (χ0n) is 12.1. The second-order valence-electron chi connectivity index (χ2n) is 5.99. The molecule has 2 aliphatic rings. The topological polar surface area (TPSA) is 44.5 Å². The number of hydrogen-bond donors (Lipinski definition) is 1. The van der Waals surface area contributed by atoms with Crippen LogP contribution in [0.25, 0.3) is 0 Å². The van der Waals surface area contributed by atoms with Gasteiger partial charge in [0.2, 0.25) is 0 Å². The van der Waals surface area contributed by atoms with Crippen LogP contribution in [0.5, 0.6) is 11.5 Å². The maximum atomic E-state index is 6.44. The van der Waals surface area contributed by atoms with Crippen molar-refractivity contribution in [1.29, 1.82) is 0 Å². The second kappa shape index (κ2) is 4.78. The van der Waals surface area contributed by atoms with Crippen LogP contribution in [0.1, 0.15) is 29.7 Å². The standard InChI is InChI=1S/C18H19NO2/c1-11-8-14-9-13(6-7-16(14)20-11)18(19)17-10-12-4-2-3-5-15(12)21-17/h2-7,9,11,17-18H,8,10,19H2,1H3. The summed E-state index contributed by atoms with van der Waals surface area (Å²) in [5, 5.41) is 0. The highest BCUT2D eigenvalue weighted by molar-refractivity contribution is 5.43. The van der Waals surface area contributed by atoms with E-state index in [2.05, 4.69) is 25.1 Å². The molecule has 108 valence electrons. The predicted molar refractivity (Wildman–Crippen MR) is 81.7 cm³/mol. The molecule has 3 heteroatoms. The highest BCUT2D eigenvalue weighted by atomic mass is 16.5. The van der Waals surface area contributed by atoms with E-state index in [1.165, 1.54) is 11.1 Å². The minimum Gasteiger partial charge on any atom is -0.490 e. The molecule has 0 bridgehead atoms. The molecular formula is C18H19NO2. The van der Waals surface area contributed by atoms with Crippen molar-refractivity contribution in [3.63, 3.8) is 0 Å². The summed E-state index contributed by atoms with van der Waals surface area (Å²) in [7, 11) is 0. The van der Waals surface area contributed by atoms with Crippen LogP contribution in [0.2, 0.25) is 0 Å². The van der Waals surface area contributed by atoms with Gasteiger partial charge < -0.3 is 15.2 Å². The second-order valence-corrected chi connectivity index (χ2v) is 5.99. The van der Waals surface area contributed by atoms with Crippen molar-refractivity contribution in [2.24, 2.45) is 5.73 Å². The Morgan fingerprint density at radius 3 is 2.67 bits per heavy atom. The molecule has 3 unspecified atom stereocenters. The van der Waals surface area contributed by atoms with Crippen molar-refractivity contribution >= 4 is 0 Å². The van der Waals surface area contributed by atoms with Crippen LogP contribution in [0.4, 0.5) is 0 Å². The van der Waals surface area contributed by atoms with E-state index in [0.29, 0.717) is 0 Å². The molecule has 3 atom stereocenters. The van der Waals surface area contributed by atoms with E-state index in [1.54, 1.807) is 0 Å². The number of para-hydroxylation sites is 1. The van der Waals surface area contributed by atoms with Crippen LogP contribution in [-0.4, -0.2) is 12.2 Å². The minimum absolute atomic E-state index is 0.0141. The first kappa shape index (κ1) is 12.7. The van der Waals surface area contributed by atoms with Gasteiger partial charge in [-0.1, -0.05) is 30.3 Å². The summed E-state index contributed by atoms with van der Waals surface area (Å²) in [6, 6.07) is 14.3. The van der Waals surface area contributed by atoms with E-state index in [9.17, 15) is 0 Å². The molecule has 2 N–H and O–H groups in total. The summed E-state index contributed by atoms with van der Waals surface area (Å²) in [5.74, 6) is 1.96. The molecule has 0 saturated heterocycles. The predicted octanol–water partition coefficient (Wildman–Crippen LogP) is 3.01. The van der Waals surface area contributed by atoms with Gasteiger partial charge in [-0.2, -0.15) is 0 Å². The van der Waals surface area contributed by atoms with Crippen LogP contribution in [0.15, 0.2) is 42.5 Å². The number of rotatable bonds is 2. The van der Waals surface area contributed by atoms with Gasteiger partial charge in [0, 0.05) is 12.8 Å². The molecule has 0 aromatic heterocycles. The first-order valence-electron chi connectivity index (χ1n) is 7.50. The molecular weight excluding hydrogens is 262 g/mol. The Labute approximate surface area is 124 Å². The molecule has 0 radical (unpaired) electrons. The van der Waals surface area contributed by atoms with Crippen molar-refractivity contribution in [3.8, 4) is 11.5 Å². The van der Waals surface area contributed by atoms with Crippen molar-refractivity contribution in [2.75, 3.05) is 0 Å². The van der Waals surface area contributed by atoms with E-state index >= 15 is 0 Å². The van der Waals surface area contributed by atoms with E-state index in [0.717, 1.165) is 29.9 Å². The van der Waals surface area contributed by atoms with Crippen molar-refractivity contribution < 1.29 is 9.47 Å². The molecule has 0 aliphatic carbocycles. The van der Waals surface area contributed by atoms with Crippen LogP contribution >= 0.6 is 0 Å². The van der Waals surface area contributed by atoms with Gasteiger partial charge in [-0.25, -0.2) is 0 Å². The maximum absolute atomic E-state index is 6.44. The number of ether oxygens (including phenoxy) is 2. The van der Waals surface area contributed by atoms with Gasteiger partial charge in [0.15, 0.2) is 0 Å². The van der Waals surface area contributed by atoms with E-state index in [1.807, 2.05) is 24.3 Å². The SMILES string of the molecule is CC1Cc2cc(C(N)C3Cc4ccccc4O3)ccc2O1. The van der Waals surface area contributed by atoms with E-state index in [-0.39, 0.29) is 18.2 Å². The Bertz CT molecular complexity index is 658. The summed E-state index contributed by atoms with van der Waals surface area (Å²) in [6.07, 6.45) is 2.11. The lowest BCUT2D eigenvalue weighted by atomic mass is 9.96. The van der Waals surface area contributed by atoms with Gasteiger partial charge in [0.1, 0.15) is 23.7 Å². The Morgan fingerprint density at radius 2 is 1.81 bits per heavy atom. The fourth-order valence-corrected chi connectivity index (χ4v) is 3.27. The molecule has 2 aliphatic heterocycles. The monoisotopic (exact) mass is 281 g/mol. The molecule has 21 heavy (non-hydrogen) atoms. The molecule has 2 aromatic rings. The van der Waals surface area contributed by atoms with Gasteiger partial charge in [0.05, 0.1) is 6.04 Å². The van der Waals surface area contributed by atoms with Crippen molar-refractivity contribution in [2.45, 2.75) is 38.0 Å². The Morgan fingerprint density at radius 1 is 1.00 bits per heavy atom. The van der Waals surface area contributed by atoms with E-state index < -0.39 is 0 Å². The Hall–Kier alpha value is -2.00. The van der Waals surface area contributed by atoms with Gasteiger partial charge in [-0.05, 0) is 35.7 Å².